The molecule has 0 aliphatic heterocycles. The zero-order valence-electron chi connectivity index (χ0n) is 15.3. The number of methoxy groups -OCH3 is 1. The molecule has 140 valence electrons. The first kappa shape index (κ1) is 20.2. The van der Waals surface area contributed by atoms with E-state index in [1.165, 1.54) is 0 Å². The van der Waals surface area contributed by atoms with Crippen LogP contribution in [-0.4, -0.2) is 31.5 Å². The number of ether oxygens (including phenoxy) is 3. The fourth-order valence-corrected chi connectivity index (χ4v) is 2.67. The number of aliphatic hydroxyl groups excluding tert-OH is 1. The fourth-order valence-electron chi connectivity index (χ4n) is 2.67. The molecule has 0 heterocycles. The van der Waals surface area contributed by atoms with E-state index >= 15 is 0 Å². The third-order valence-electron chi connectivity index (χ3n) is 4.25. The number of benzene rings is 2. The van der Waals surface area contributed by atoms with E-state index < -0.39 is 0 Å². The Balaban J connectivity index is 1.92. The maximum atomic E-state index is 9.71. The predicted octanol–water partition coefficient (Wildman–Crippen LogP) is 3.98. The van der Waals surface area contributed by atoms with Gasteiger partial charge in [0.25, 0.3) is 0 Å². The molecule has 0 unspecified atom stereocenters. The van der Waals surface area contributed by atoms with Crippen molar-refractivity contribution in [1.29, 1.82) is 0 Å². The van der Waals surface area contributed by atoms with Crippen LogP contribution in [-0.2, 0) is 22.7 Å². The van der Waals surface area contributed by atoms with Gasteiger partial charge in [-0.05, 0) is 29.7 Å². The first-order chi connectivity index (χ1) is 12.8. The Morgan fingerprint density at radius 1 is 1.00 bits per heavy atom. The van der Waals surface area contributed by atoms with Crippen LogP contribution in [0.2, 0.25) is 0 Å². The van der Waals surface area contributed by atoms with Gasteiger partial charge in [0.1, 0.15) is 5.75 Å². The molecule has 2 atom stereocenters. The summed E-state index contributed by atoms with van der Waals surface area (Å²) in [6.07, 6.45) is 2.28. The van der Waals surface area contributed by atoms with Gasteiger partial charge in [-0.25, -0.2) is 0 Å². The maximum Gasteiger partial charge on any atom is 0.118 e. The standard InChI is InChI=1S/C22H28O4/c1-3-7-20(14-23)22(17-25-15-18-8-5-4-6-9-18)26-16-19-10-12-21(24-2)13-11-19/h3-6,8-13,20,22-23H,1,7,14-17H2,2H3/t20-,22+/m1/s1. The molecular weight excluding hydrogens is 328 g/mol. The quantitative estimate of drug-likeness (QED) is 0.584. The lowest BCUT2D eigenvalue weighted by molar-refractivity contribution is -0.0681. The number of hydrogen-bond acceptors (Lipinski definition) is 4. The van der Waals surface area contributed by atoms with E-state index in [9.17, 15) is 5.11 Å². The lowest BCUT2D eigenvalue weighted by atomic mass is 10.00. The maximum absolute atomic E-state index is 9.71. The predicted molar refractivity (Wildman–Crippen MR) is 103 cm³/mol. The van der Waals surface area contributed by atoms with Crippen molar-refractivity contribution in [1.82, 2.24) is 0 Å². The molecule has 2 aromatic rings. The van der Waals surface area contributed by atoms with E-state index in [0.717, 1.165) is 16.9 Å². The van der Waals surface area contributed by atoms with E-state index in [0.29, 0.717) is 26.2 Å². The lowest BCUT2D eigenvalue weighted by Gasteiger charge is -2.25. The summed E-state index contributed by atoms with van der Waals surface area (Å²) in [7, 11) is 1.65. The molecule has 0 fully saturated rings. The highest BCUT2D eigenvalue weighted by molar-refractivity contribution is 5.26. The van der Waals surface area contributed by atoms with Gasteiger partial charge in [0.15, 0.2) is 0 Å². The summed E-state index contributed by atoms with van der Waals surface area (Å²) >= 11 is 0. The minimum atomic E-state index is -0.205. The molecule has 0 aliphatic rings. The van der Waals surface area contributed by atoms with Gasteiger partial charge in [-0.3, -0.25) is 0 Å². The van der Waals surface area contributed by atoms with Crippen LogP contribution in [0.25, 0.3) is 0 Å². The molecule has 26 heavy (non-hydrogen) atoms. The van der Waals surface area contributed by atoms with Gasteiger partial charge < -0.3 is 19.3 Å². The number of hydrogen-bond donors (Lipinski definition) is 1. The van der Waals surface area contributed by atoms with Crippen molar-refractivity contribution in [2.24, 2.45) is 5.92 Å². The fraction of sp³-hybridized carbons (Fsp3) is 0.364. The molecule has 0 aliphatic carbocycles. The van der Waals surface area contributed by atoms with E-state index in [2.05, 4.69) is 6.58 Å². The molecule has 0 radical (unpaired) electrons. The Morgan fingerprint density at radius 3 is 2.31 bits per heavy atom. The lowest BCUT2D eigenvalue weighted by Crippen LogP contribution is -2.31. The van der Waals surface area contributed by atoms with Crippen LogP contribution in [0.5, 0.6) is 5.75 Å². The van der Waals surface area contributed by atoms with Gasteiger partial charge in [-0.1, -0.05) is 48.5 Å². The Morgan fingerprint density at radius 2 is 1.69 bits per heavy atom. The Bertz CT molecular complexity index is 624. The molecule has 2 rings (SSSR count). The minimum Gasteiger partial charge on any atom is -0.497 e. The summed E-state index contributed by atoms with van der Waals surface area (Å²) < 4.78 is 17.1. The van der Waals surface area contributed by atoms with Gasteiger partial charge >= 0.3 is 0 Å². The molecule has 0 amide bonds. The van der Waals surface area contributed by atoms with Crippen LogP contribution in [0.1, 0.15) is 17.5 Å². The minimum absolute atomic E-state index is 0.0357. The van der Waals surface area contributed by atoms with Gasteiger partial charge in [-0.2, -0.15) is 0 Å². The Kier molecular flexibility index (Phi) is 8.90. The summed E-state index contributed by atoms with van der Waals surface area (Å²) in [4.78, 5) is 0. The highest BCUT2D eigenvalue weighted by Crippen LogP contribution is 2.18. The van der Waals surface area contributed by atoms with Crippen LogP contribution in [0, 0.1) is 5.92 Å². The van der Waals surface area contributed by atoms with Gasteiger partial charge in [0, 0.05) is 12.5 Å². The van der Waals surface area contributed by atoms with Crippen molar-refractivity contribution in [3.8, 4) is 5.75 Å². The summed E-state index contributed by atoms with van der Waals surface area (Å²) in [5, 5.41) is 9.71. The zero-order valence-corrected chi connectivity index (χ0v) is 15.3. The number of aliphatic hydroxyl groups is 1. The van der Waals surface area contributed by atoms with Gasteiger partial charge in [0.05, 0.1) is 33.0 Å². The second kappa shape index (κ2) is 11.5. The topological polar surface area (TPSA) is 47.9 Å². The van der Waals surface area contributed by atoms with Crippen LogP contribution < -0.4 is 4.74 Å². The average Bonchev–Trinajstić information content (AvgIpc) is 2.70. The monoisotopic (exact) mass is 356 g/mol. The van der Waals surface area contributed by atoms with E-state index in [4.69, 9.17) is 14.2 Å². The Hall–Kier alpha value is -2.14. The van der Waals surface area contributed by atoms with Crippen LogP contribution in [0.4, 0.5) is 0 Å². The van der Waals surface area contributed by atoms with E-state index in [1.54, 1.807) is 7.11 Å². The first-order valence-corrected chi connectivity index (χ1v) is 8.84. The van der Waals surface area contributed by atoms with E-state index in [1.807, 2.05) is 60.7 Å². The Labute approximate surface area is 156 Å². The van der Waals surface area contributed by atoms with Crippen LogP contribution in [0.15, 0.2) is 67.3 Å². The molecule has 0 bridgehead atoms. The molecule has 1 N–H and O–H groups in total. The van der Waals surface area contributed by atoms with Crippen molar-refractivity contribution >= 4 is 0 Å². The molecule has 2 aromatic carbocycles. The summed E-state index contributed by atoms with van der Waals surface area (Å²) in [6.45, 7) is 5.21. The normalized spacial score (nSPS) is 13.2. The average molecular weight is 356 g/mol. The van der Waals surface area contributed by atoms with Crippen molar-refractivity contribution in [3.63, 3.8) is 0 Å². The van der Waals surface area contributed by atoms with Crippen molar-refractivity contribution in [2.75, 3.05) is 20.3 Å². The zero-order chi connectivity index (χ0) is 18.6. The van der Waals surface area contributed by atoms with Crippen molar-refractivity contribution in [2.45, 2.75) is 25.7 Å². The largest absolute Gasteiger partial charge is 0.497 e. The number of allylic oxidation sites excluding steroid dienone is 1. The highest BCUT2D eigenvalue weighted by atomic mass is 16.5. The molecule has 4 nitrogen and oxygen atoms in total. The van der Waals surface area contributed by atoms with Crippen LogP contribution >= 0.6 is 0 Å². The first-order valence-electron chi connectivity index (χ1n) is 8.84. The van der Waals surface area contributed by atoms with Gasteiger partial charge in [-0.15, -0.1) is 6.58 Å². The van der Waals surface area contributed by atoms with Crippen LogP contribution in [0.3, 0.4) is 0 Å². The summed E-state index contributed by atoms with van der Waals surface area (Å²) in [6, 6.07) is 17.8. The summed E-state index contributed by atoms with van der Waals surface area (Å²) in [5.74, 6) is 0.776. The molecule has 0 saturated carbocycles. The molecule has 4 heteroatoms. The molecule has 0 spiro atoms. The molecule has 0 aromatic heterocycles. The smallest absolute Gasteiger partial charge is 0.118 e. The third kappa shape index (κ3) is 6.64. The highest BCUT2D eigenvalue weighted by Gasteiger charge is 2.21. The summed E-state index contributed by atoms with van der Waals surface area (Å²) in [5.41, 5.74) is 2.17. The second-order valence-corrected chi connectivity index (χ2v) is 6.17. The molecule has 0 saturated heterocycles. The van der Waals surface area contributed by atoms with Crippen molar-refractivity contribution in [3.05, 3.63) is 78.4 Å². The number of rotatable bonds is 12. The second-order valence-electron chi connectivity index (χ2n) is 6.17. The third-order valence-corrected chi connectivity index (χ3v) is 4.25. The van der Waals surface area contributed by atoms with Crippen molar-refractivity contribution < 1.29 is 19.3 Å². The van der Waals surface area contributed by atoms with E-state index in [-0.39, 0.29) is 18.6 Å². The SMILES string of the molecule is C=CC[C@H](CO)[C@H](COCc1ccccc1)OCc1ccc(OC)cc1. The molecular formula is C22H28O4. The van der Waals surface area contributed by atoms with Gasteiger partial charge in [0.2, 0.25) is 0 Å².